The van der Waals surface area contributed by atoms with Gasteiger partial charge in [0.25, 0.3) is 0 Å². The Morgan fingerprint density at radius 1 is 1.10 bits per heavy atom. The molecule has 0 atom stereocenters. The Bertz CT molecular complexity index is 881. The number of anilines is 1. The zero-order valence-electron chi connectivity index (χ0n) is 17.7. The van der Waals surface area contributed by atoms with Crippen molar-refractivity contribution in [2.45, 2.75) is 39.8 Å². The molecule has 2 aromatic rings. The molecule has 0 aromatic heterocycles. The van der Waals surface area contributed by atoms with Gasteiger partial charge in [-0.2, -0.15) is 0 Å². The highest BCUT2D eigenvalue weighted by Crippen LogP contribution is 2.29. The zero-order valence-corrected chi connectivity index (χ0v) is 17.7. The van der Waals surface area contributed by atoms with E-state index >= 15 is 0 Å². The van der Waals surface area contributed by atoms with Crippen LogP contribution in [0.25, 0.3) is 0 Å². The predicted molar refractivity (Wildman–Crippen MR) is 119 cm³/mol. The monoisotopic (exact) mass is 410 g/mol. The Labute approximate surface area is 177 Å². The molecular weight excluding hydrogens is 380 g/mol. The van der Waals surface area contributed by atoms with Crippen molar-refractivity contribution in [2.75, 3.05) is 25.1 Å². The van der Waals surface area contributed by atoms with Crippen LogP contribution in [0.3, 0.4) is 0 Å². The van der Waals surface area contributed by atoms with E-state index in [1.807, 2.05) is 61.2 Å². The van der Waals surface area contributed by atoms with Crippen molar-refractivity contribution in [1.82, 2.24) is 4.90 Å². The number of nitrogens with zero attached hydrogens (tertiary/aromatic N) is 2. The Morgan fingerprint density at radius 3 is 2.50 bits per heavy atom. The van der Waals surface area contributed by atoms with Gasteiger partial charge in [-0.05, 0) is 43.5 Å². The molecule has 30 heavy (non-hydrogen) atoms. The molecule has 160 valence electrons. The number of guanidine groups is 1. The van der Waals surface area contributed by atoms with Crippen LogP contribution in [-0.2, 0) is 17.9 Å². The molecule has 7 heteroatoms. The Balaban J connectivity index is 1.60. The summed E-state index contributed by atoms with van der Waals surface area (Å²) in [5.74, 6) is 1.97. The number of rotatable bonds is 9. The molecule has 1 amide bonds. The molecule has 1 fully saturated rings. The summed E-state index contributed by atoms with van der Waals surface area (Å²) in [6, 6.07) is 13.7. The summed E-state index contributed by atoms with van der Waals surface area (Å²) in [5.41, 5.74) is 8.98. The number of likely N-dealkylation sites (tertiary alicyclic amines) is 1. The molecule has 1 heterocycles. The first-order valence-corrected chi connectivity index (χ1v) is 10.4. The minimum Gasteiger partial charge on any atom is -0.494 e. The fourth-order valence-electron chi connectivity index (χ4n) is 3.34. The van der Waals surface area contributed by atoms with E-state index in [-0.39, 0.29) is 5.91 Å². The third-order valence-electron chi connectivity index (χ3n) is 4.82. The average molecular weight is 411 g/mol. The third-order valence-corrected chi connectivity index (χ3v) is 4.82. The Hall–Kier alpha value is -3.22. The maximum atomic E-state index is 11.8. The van der Waals surface area contributed by atoms with Gasteiger partial charge in [0.15, 0.2) is 5.96 Å². The van der Waals surface area contributed by atoms with Crippen molar-refractivity contribution in [3.8, 4) is 11.5 Å². The molecule has 0 unspecified atom stereocenters. The SMILES string of the molecule is CCOc1ccc(OCC)c(NC(N)=NCc2ccc(CN3CCCC3=O)cc2)c1. The van der Waals surface area contributed by atoms with Crippen LogP contribution in [0.4, 0.5) is 5.69 Å². The van der Waals surface area contributed by atoms with Crippen LogP contribution in [0.15, 0.2) is 47.5 Å². The summed E-state index contributed by atoms with van der Waals surface area (Å²) in [6.07, 6.45) is 1.62. The van der Waals surface area contributed by atoms with Gasteiger partial charge in [0.1, 0.15) is 11.5 Å². The number of carbonyl (C=O) groups is 1. The number of amides is 1. The molecular formula is C23H30N4O3. The third kappa shape index (κ3) is 5.89. The number of hydrogen-bond donors (Lipinski definition) is 2. The van der Waals surface area contributed by atoms with Gasteiger partial charge in [0.05, 0.1) is 25.4 Å². The lowest BCUT2D eigenvalue weighted by molar-refractivity contribution is -0.128. The van der Waals surface area contributed by atoms with Gasteiger partial charge in [0.2, 0.25) is 5.91 Å². The molecule has 0 radical (unpaired) electrons. The fourth-order valence-corrected chi connectivity index (χ4v) is 3.34. The largest absolute Gasteiger partial charge is 0.494 e. The lowest BCUT2D eigenvalue weighted by atomic mass is 10.1. The fraction of sp³-hybridized carbons (Fsp3) is 0.391. The number of benzene rings is 2. The normalized spacial score (nSPS) is 14.1. The quantitative estimate of drug-likeness (QED) is 0.488. The van der Waals surface area contributed by atoms with Crippen LogP contribution in [0.5, 0.6) is 11.5 Å². The highest BCUT2D eigenvalue weighted by atomic mass is 16.5. The standard InChI is InChI=1S/C23H30N4O3/c1-3-29-19-11-12-21(30-4-2)20(14-19)26-23(24)25-15-17-7-9-18(10-8-17)16-27-13-5-6-22(27)28/h7-12,14H,3-6,13,15-16H2,1-2H3,(H3,24,25,26). The van der Waals surface area contributed by atoms with Gasteiger partial charge in [-0.3, -0.25) is 4.79 Å². The minimum absolute atomic E-state index is 0.238. The molecule has 0 bridgehead atoms. The number of hydrogen-bond acceptors (Lipinski definition) is 4. The summed E-state index contributed by atoms with van der Waals surface area (Å²) >= 11 is 0. The molecule has 2 aromatic carbocycles. The van der Waals surface area contributed by atoms with E-state index in [0.29, 0.717) is 44.4 Å². The number of nitrogens with one attached hydrogen (secondary N) is 1. The van der Waals surface area contributed by atoms with E-state index in [2.05, 4.69) is 10.3 Å². The topological polar surface area (TPSA) is 89.2 Å². The maximum absolute atomic E-state index is 11.8. The van der Waals surface area contributed by atoms with Gasteiger partial charge in [-0.1, -0.05) is 24.3 Å². The molecule has 1 aliphatic rings. The van der Waals surface area contributed by atoms with Crippen LogP contribution >= 0.6 is 0 Å². The van der Waals surface area contributed by atoms with Crippen LogP contribution in [0.1, 0.15) is 37.8 Å². The molecule has 3 rings (SSSR count). The lowest BCUT2D eigenvalue weighted by Crippen LogP contribution is -2.23. The summed E-state index contributed by atoms with van der Waals surface area (Å²) in [6.45, 7) is 6.98. The van der Waals surface area contributed by atoms with Crippen LogP contribution < -0.4 is 20.5 Å². The molecule has 1 aliphatic heterocycles. The van der Waals surface area contributed by atoms with E-state index in [9.17, 15) is 4.79 Å². The van der Waals surface area contributed by atoms with Gasteiger partial charge in [-0.15, -0.1) is 0 Å². The van der Waals surface area contributed by atoms with Gasteiger partial charge in [0, 0.05) is 25.6 Å². The van der Waals surface area contributed by atoms with Gasteiger partial charge < -0.3 is 25.4 Å². The van der Waals surface area contributed by atoms with E-state index < -0.39 is 0 Å². The van der Waals surface area contributed by atoms with Crippen molar-refractivity contribution in [3.05, 3.63) is 53.6 Å². The lowest BCUT2D eigenvalue weighted by Gasteiger charge is -2.15. The summed E-state index contributed by atoms with van der Waals surface area (Å²) < 4.78 is 11.2. The first kappa shape index (κ1) is 21.5. The van der Waals surface area contributed by atoms with Gasteiger partial charge in [-0.25, -0.2) is 4.99 Å². The molecule has 3 N–H and O–H groups in total. The number of ether oxygens (including phenoxy) is 2. The smallest absolute Gasteiger partial charge is 0.222 e. The highest BCUT2D eigenvalue weighted by molar-refractivity contribution is 5.94. The minimum atomic E-state index is 0.238. The second-order valence-electron chi connectivity index (χ2n) is 7.09. The zero-order chi connectivity index (χ0) is 21.3. The molecule has 0 spiro atoms. The maximum Gasteiger partial charge on any atom is 0.222 e. The van der Waals surface area contributed by atoms with Crippen molar-refractivity contribution in [3.63, 3.8) is 0 Å². The summed E-state index contributed by atoms with van der Waals surface area (Å²) in [7, 11) is 0. The van der Waals surface area contributed by atoms with Crippen LogP contribution in [0, 0.1) is 0 Å². The first-order chi connectivity index (χ1) is 14.6. The van der Waals surface area contributed by atoms with E-state index in [1.54, 1.807) is 0 Å². The van der Waals surface area contributed by atoms with Crippen molar-refractivity contribution < 1.29 is 14.3 Å². The Kier molecular flexibility index (Phi) is 7.54. The summed E-state index contributed by atoms with van der Waals surface area (Å²) in [5, 5.41) is 3.11. The number of aliphatic imine (C=N–C) groups is 1. The summed E-state index contributed by atoms with van der Waals surface area (Å²) in [4.78, 5) is 18.1. The molecule has 0 saturated carbocycles. The van der Waals surface area contributed by atoms with Crippen LogP contribution in [-0.4, -0.2) is 36.5 Å². The van der Waals surface area contributed by atoms with Crippen molar-refractivity contribution in [2.24, 2.45) is 10.7 Å². The van der Waals surface area contributed by atoms with Gasteiger partial charge >= 0.3 is 0 Å². The van der Waals surface area contributed by atoms with Crippen molar-refractivity contribution in [1.29, 1.82) is 0 Å². The second kappa shape index (κ2) is 10.5. The number of carbonyl (C=O) groups excluding carboxylic acids is 1. The first-order valence-electron chi connectivity index (χ1n) is 10.4. The van der Waals surface area contributed by atoms with E-state index in [0.717, 1.165) is 35.5 Å². The molecule has 1 saturated heterocycles. The second-order valence-corrected chi connectivity index (χ2v) is 7.09. The van der Waals surface area contributed by atoms with E-state index in [1.165, 1.54) is 0 Å². The number of nitrogens with two attached hydrogens (primary N) is 1. The van der Waals surface area contributed by atoms with Crippen LogP contribution in [0.2, 0.25) is 0 Å². The molecule has 0 aliphatic carbocycles. The molecule has 7 nitrogen and oxygen atoms in total. The predicted octanol–water partition coefficient (Wildman–Crippen LogP) is 3.53. The average Bonchev–Trinajstić information content (AvgIpc) is 3.14. The highest BCUT2D eigenvalue weighted by Gasteiger charge is 2.19. The van der Waals surface area contributed by atoms with E-state index in [4.69, 9.17) is 15.2 Å². The Morgan fingerprint density at radius 2 is 1.83 bits per heavy atom. The van der Waals surface area contributed by atoms with Crippen molar-refractivity contribution >= 4 is 17.6 Å².